The van der Waals surface area contributed by atoms with Crippen molar-refractivity contribution in [3.63, 3.8) is 0 Å². The molecule has 1 aliphatic rings. The lowest BCUT2D eigenvalue weighted by molar-refractivity contribution is 0.885. The van der Waals surface area contributed by atoms with E-state index >= 15 is 0 Å². The highest BCUT2D eigenvalue weighted by Crippen LogP contribution is 2.66. The van der Waals surface area contributed by atoms with Crippen LogP contribution in [0.3, 0.4) is 0 Å². The van der Waals surface area contributed by atoms with E-state index < -0.39 is 0 Å². The Kier molecular flexibility index (Phi) is 2.76. The highest BCUT2D eigenvalue weighted by atomic mass is 79.9. The van der Waals surface area contributed by atoms with Gasteiger partial charge in [0.2, 0.25) is 0 Å². The molecule has 1 fully saturated rings. The van der Waals surface area contributed by atoms with Gasteiger partial charge < -0.3 is 0 Å². The van der Waals surface area contributed by atoms with E-state index in [1.807, 2.05) is 0 Å². The van der Waals surface area contributed by atoms with Crippen LogP contribution >= 0.6 is 63.7 Å². The summed E-state index contributed by atoms with van der Waals surface area (Å²) in [6, 6.07) is 0. The van der Waals surface area contributed by atoms with Gasteiger partial charge in [0.15, 0.2) is 0 Å². The Morgan fingerprint density at radius 2 is 1.67 bits per heavy atom. The first-order valence-electron chi connectivity index (χ1n) is 2.64. The van der Waals surface area contributed by atoms with Crippen molar-refractivity contribution >= 4 is 63.7 Å². The molecule has 0 aliphatic heterocycles. The number of rotatable bonds is 2. The summed E-state index contributed by atoms with van der Waals surface area (Å²) in [5, 5.41) is 1.05. The molecule has 0 heterocycles. The van der Waals surface area contributed by atoms with Crippen LogP contribution in [-0.2, 0) is 0 Å². The molecule has 1 saturated carbocycles. The fourth-order valence-corrected chi connectivity index (χ4v) is 4.66. The first-order valence-corrected chi connectivity index (χ1v) is 6.15. The zero-order valence-corrected chi connectivity index (χ0v) is 11.0. The van der Waals surface area contributed by atoms with Gasteiger partial charge in [0, 0.05) is 5.33 Å². The van der Waals surface area contributed by atoms with Crippen LogP contribution in [0.5, 0.6) is 0 Å². The van der Waals surface area contributed by atoms with Crippen LogP contribution in [-0.4, -0.2) is 12.9 Å². The standard InChI is InChI=1S/C5H6Br4/c6-2-1-4(7)3-5(4,8)9/h1-3H2. The van der Waals surface area contributed by atoms with Crippen LogP contribution in [0.2, 0.25) is 0 Å². The summed E-state index contributed by atoms with van der Waals surface area (Å²) in [5.74, 6) is 0. The van der Waals surface area contributed by atoms with Gasteiger partial charge >= 0.3 is 0 Å². The van der Waals surface area contributed by atoms with Crippen LogP contribution < -0.4 is 0 Å². The average molecular weight is 386 g/mol. The molecule has 0 saturated heterocycles. The Morgan fingerprint density at radius 1 is 1.22 bits per heavy atom. The Bertz CT molecular complexity index is 122. The lowest BCUT2D eigenvalue weighted by atomic mass is 10.3. The summed E-state index contributed by atoms with van der Waals surface area (Å²) >= 11 is 14.2. The van der Waals surface area contributed by atoms with Gasteiger partial charge in [-0.2, -0.15) is 0 Å². The molecule has 4 heteroatoms. The van der Waals surface area contributed by atoms with Gasteiger partial charge in [-0.05, 0) is 12.8 Å². The van der Waals surface area contributed by atoms with Crippen molar-refractivity contribution in [2.45, 2.75) is 20.4 Å². The summed E-state index contributed by atoms with van der Waals surface area (Å²) in [7, 11) is 0. The smallest absolute Gasteiger partial charge is 0.0928 e. The van der Waals surface area contributed by atoms with E-state index in [-0.39, 0.29) is 3.23 Å². The molecule has 1 unspecified atom stereocenters. The van der Waals surface area contributed by atoms with Crippen molar-refractivity contribution in [1.29, 1.82) is 0 Å². The molecule has 0 aromatic carbocycles. The maximum absolute atomic E-state index is 3.65. The predicted molar refractivity (Wildman–Crippen MR) is 55.3 cm³/mol. The third kappa shape index (κ3) is 1.74. The van der Waals surface area contributed by atoms with Crippen LogP contribution in [0, 0.1) is 0 Å². The van der Waals surface area contributed by atoms with E-state index in [2.05, 4.69) is 63.7 Å². The van der Waals surface area contributed by atoms with E-state index in [0.29, 0.717) is 4.32 Å². The largest absolute Gasteiger partial charge is 0.0972 e. The molecule has 0 radical (unpaired) electrons. The van der Waals surface area contributed by atoms with Crippen LogP contribution in [0.1, 0.15) is 12.8 Å². The third-order valence-electron chi connectivity index (χ3n) is 1.52. The molecular weight excluding hydrogens is 380 g/mol. The minimum atomic E-state index is 0.167. The Labute approximate surface area is 88.7 Å². The van der Waals surface area contributed by atoms with E-state index in [0.717, 1.165) is 18.2 Å². The van der Waals surface area contributed by atoms with Crippen molar-refractivity contribution in [2.75, 3.05) is 5.33 Å². The molecule has 0 bridgehead atoms. The van der Waals surface area contributed by atoms with Crippen molar-refractivity contribution < 1.29 is 0 Å². The van der Waals surface area contributed by atoms with Gasteiger partial charge in [0.25, 0.3) is 0 Å². The molecule has 54 valence electrons. The minimum Gasteiger partial charge on any atom is -0.0928 e. The third-order valence-corrected chi connectivity index (χ3v) is 6.42. The highest BCUT2D eigenvalue weighted by molar-refractivity contribution is 9.26. The molecule has 0 N–H and O–H groups in total. The van der Waals surface area contributed by atoms with E-state index in [1.165, 1.54) is 0 Å². The van der Waals surface area contributed by atoms with E-state index in [4.69, 9.17) is 0 Å². The minimum absolute atomic E-state index is 0.167. The summed E-state index contributed by atoms with van der Waals surface area (Å²) < 4.78 is 0.463. The van der Waals surface area contributed by atoms with Crippen LogP contribution in [0.15, 0.2) is 0 Å². The Hall–Kier alpha value is 1.92. The lowest BCUT2D eigenvalue weighted by Gasteiger charge is -2.06. The van der Waals surface area contributed by atoms with Gasteiger partial charge in [-0.1, -0.05) is 63.7 Å². The fourth-order valence-electron chi connectivity index (χ4n) is 0.729. The molecule has 9 heavy (non-hydrogen) atoms. The second-order valence-corrected chi connectivity index (χ2v) is 8.37. The quantitative estimate of drug-likeness (QED) is 0.634. The van der Waals surface area contributed by atoms with Gasteiger partial charge in [-0.25, -0.2) is 0 Å². The summed E-state index contributed by atoms with van der Waals surface area (Å²) in [4.78, 5) is 0. The van der Waals surface area contributed by atoms with E-state index in [1.54, 1.807) is 0 Å². The normalized spacial score (nSPS) is 38.7. The molecule has 0 amide bonds. The maximum Gasteiger partial charge on any atom is 0.0972 e. The molecule has 1 atom stereocenters. The van der Waals surface area contributed by atoms with Gasteiger partial charge in [-0.3, -0.25) is 0 Å². The average Bonchev–Trinajstić information content (AvgIpc) is 2.07. The summed E-state index contributed by atoms with van der Waals surface area (Å²) in [6.07, 6.45) is 2.31. The summed E-state index contributed by atoms with van der Waals surface area (Å²) in [5.41, 5.74) is 0. The summed E-state index contributed by atoms with van der Waals surface area (Å²) in [6.45, 7) is 0. The Balaban J connectivity index is 2.42. The molecule has 1 rings (SSSR count). The monoisotopic (exact) mass is 382 g/mol. The van der Waals surface area contributed by atoms with Crippen molar-refractivity contribution in [1.82, 2.24) is 0 Å². The number of halogens is 4. The van der Waals surface area contributed by atoms with Crippen LogP contribution in [0.25, 0.3) is 0 Å². The second-order valence-electron chi connectivity index (χ2n) is 2.29. The molecule has 0 nitrogen and oxygen atoms in total. The molecule has 0 spiro atoms. The van der Waals surface area contributed by atoms with Gasteiger partial charge in [0.1, 0.15) is 0 Å². The zero-order valence-electron chi connectivity index (χ0n) is 4.63. The SMILES string of the molecule is BrCCC1(Br)CC1(Br)Br. The second kappa shape index (κ2) is 2.76. The zero-order chi connectivity index (χ0) is 7.12. The Morgan fingerprint density at radius 3 is 1.78 bits per heavy atom. The van der Waals surface area contributed by atoms with Crippen molar-refractivity contribution in [2.24, 2.45) is 0 Å². The number of hydrogen-bond acceptors (Lipinski definition) is 0. The first kappa shape index (κ1) is 9.01. The number of hydrogen-bond donors (Lipinski definition) is 0. The maximum atomic E-state index is 3.65. The van der Waals surface area contributed by atoms with Crippen molar-refractivity contribution in [3.05, 3.63) is 0 Å². The lowest BCUT2D eigenvalue weighted by Crippen LogP contribution is -2.06. The van der Waals surface area contributed by atoms with Gasteiger partial charge in [0.05, 0.1) is 7.56 Å². The molecule has 0 aromatic rings. The molecule has 1 aliphatic carbocycles. The molecular formula is C5H6Br4. The fraction of sp³-hybridized carbons (Fsp3) is 1.00. The van der Waals surface area contributed by atoms with Crippen LogP contribution in [0.4, 0.5) is 0 Å². The molecule has 0 aromatic heterocycles. The van der Waals surface area contributed by atoms with Gasteiger partial charge in [-0.15, -0.1) is 0 Å². The first-order chi connectivity index (χ1) is 4.02. The van der Waals surface area contributed by atoms with Crippen molar-refractivity contribution in [3.8, 4) is 0 Å². The topological polar surface area (TPSA) is 0 Å². The number of alkyl halides is 4. The highest BCUT2D eigenvalue weighted by Gasteiger charge is 2.62. The predicted octanol–water partition coefficient (Wildman–Crippen LogP) is 3.79. The van der Waals surface area contributed by atoms with E-state index in [9.17, 15) is 0 Å².